The molecule has 0 N–H and O–H groups in total. The van der Waals surface area contributed by atoms with Crippen molar-refractivity contribution in [2.75, 3.05) is 0 Å². The van der Waals surface area contributed by atoms with Crippen molar-refractivity contribution in [1.82, 2.24) is 15.0 Å². The fourth-order valence-corrected chi connectivity index (χ4v) is 8.95. The number of rotatable bonds is 4. The van der Waals surface area contributed by atoms with Gasteiger partial charge in [0.05, 0.1) is 0 Å². The van der Waals surface area contributed by atoms with Crippen LogP contribution in [0.5, 0.6) is 0 Å². The van der Waals surface area contributed by atoms with Crippen LogP contribution in [0.25, 0.3) is 99.5 Å². The largest absolute Gasteiger partial charge is 0.208 e. The third-order valence-electron chi connectivity index (χ3n) is 11.7. The fourth-order valence-electron chi connectivity index (χ4n) is 8.95. The van der Waals surface area contributed by atoms with E-state index in [2.05, 4.69) is 172 Å². The van der Waals surface area contributed by atoms with Crippen molar-refractivity contribution in [2.45, 2.75) is 19.3 Å². The van der Waals surface area contributed by atoms with E-state index in [4.69, 9.17) is 15.0 Å². The van der Waals surface area contributed by atoms with Gasteiger partial charge in [-0.25, -0.2) is 15.0 Å². The van der Waals surface area contributed by atoms with E-state index in [1.807, 2.05) is 18.2 Å². The standard InChI is InChI=1S/C52H35N3/c1-52(2)46-22-11-10-21-41(46)42-25-24-37(31-47(42)52)51-54-49(33-14-4-3-5-15-33)53-50(55-51)36-18-12-17-34(29-36)45-30-35-16-7-9-20-39(35)48-43-26-23-32-13-6-8-19-38(32)40(43)27-28-44(45)48/h3-31H,1-2H3. The van der Waals surface area contributed by atoms with Crippen LogP contribution in [0, 0.1) is 0 Å². The minimum absolute atomic E-state index is 0.130. The normalized spacial score (nSPS) is 13.1. The Balaban J connectivity index is 1.10. The molecule has 0 spiro atoms. The molecular weight excluding hydrogens is 667 g/mol. The first-order chi connectivity index (χ1) is 27.0. The molecule has 0 saturated heterocycles. The average Bonchev–Trinajstić information content (AvgIpc) is 3.48. The maximum Gasteiger partial charge on any atom is 0.164 e. The summed E-state index contributed by atoms with van der Waals surface area (Å²) in [6.45, 7) is 4.62. The van der Waals surface area contributed by atoms with Crippen molar-refractivity contribution in [3.05, 3.63) is 187 Å². The van der Waals surface area contributed by atoms with Crippen LogP contribution in [0.1, 0.15) is 25.0 Å². The smallest absolute Gasteiger partial charge is 0.164 e. The van der Waals surface area contributed by atoms with E-state index in [0.29, 0.717) is 17.5 Å². The SMILES string of the molecule is CC1(C)c2ccccc2-c2ccc(-c3nc(-c4ccccc4)nc(-c4cccc(-c5cc6ccccc6c6c5ccc5c7ccccc7ccc56)c4)n3)cc21. The van der Waals surface area contributed by atoms with E-state index in [9.17, 15) is 0 Å². The number of nitrogens with zero attached hydrogens (tertiary/aromatic N) is 3. The molecule has 1 heterocycles. The van der Waals surface area contributed by atoms with Crippen LogP contribution in [0.2, 0.25) is 0 Å². The number of fused-ring (bicyclic) bond motifs is 10. The Kier molecular flexibility index (Phi) is 6.90. The molecule has 11 rings (SSSR count). The Bertz CT molecular complexity index is 3180. The summed E-state index contributed by atoms with van der Waals surface area (Å²) in [5.74, 6) is 1.97. The van der Waals surface area contributed by atoms with E-state index in [-0.39, 0.29) is 5.41 Å². The molecule has 0 atom stereocenters. The van der Waals surface area contributed by atoms with Gasteiger partial charge in [-0.2, -0.15) is 0 Å². The molecule has 0 aliphatic heterocycles. The first-order valence-electron chi connectivity index (χ1n) is 18.9. The number of hydrogen-bond acceptors (Lipinski definition) is 3. The minimum atomic E-state index is -0.130. The highest BCUT2D eigenvalue weighted by atomic mass is 15.0. The summed E-state index contributed by atoms with van der Waals surface area (Å²) >= 11 is 0. The van der Waals surface area contributed by atoms with Gasteiger partial charge in [-0.1, -0.05) is 172 Å². The lowest BCUT2D eigenvalue weighted by molar-refractivity contribution is 0.660. The van der Waals surface area contributed by atoms with Gasteiger partial charge in [-0.3, -0.25) is 0 Å². The molecule has 3 heteroatoms. The highest BCUT2D eigenvalue weighted by molar-refractivity contribution is 6.27. The maximum atomic E-state index is 5.22. The average molecular weight is 702 g/mol. The van der Waals surface area contributed by atoms with Crippen molar-refractivity contribution >= 4 is 43.1 Å². The third kappa shape index (κ3) is 4.93. The van der Waals surface area contributed by atoms with E-state index in [1.54, 1.807) is 0 Å². The summed E-state index contributed by atoms with van der Waals surface area (Å²) in [6.07, 6.45) is 0. The second-order valence-electron chi connectivity index (χ2n) is 15.2. The zero-order valence-corrected chi connectivity index (χ0v) is 30.6. The highest BCUT2D eigenvalue weighted by Gasteiger charge is 2.35. The predicted molar refractivity (Wildman–Crippen MR) is 229 cm³/mol. The van der Waals surface area contributed by atoms with E-state index in [1.165, 1.54) is 70.9 Å². The first kappa shape index (κ1) is 31.5. The zero-order valence-electron chi connectivity index (χ0n) is 30.6. The van der Waals surface area contributed by atoms with E-state index in [0.717, 1.165) is 22.3 Å². The molecule has 0 bridgehead atoms. The molecule has 0 fully saturated rings. The molecule has 1 aliphatic carbocycles. The molecule has 0 saturated carbocycles. The van der Waals surface area contributed by atoms with Crippen molar-refractivity contribution in [3.8, 4) is 56.4 Å². The minimum Gasteiger partial charge on any atom is -0.208 e. The molecule has 10 aromatic rings. The molecule has 0 unspecified atom stereocenters. The Morgan fingerprint density at radius 3 is 1.76 bits per heavy atom. The molecule has 55 heavy (non-hydrogen) atoms. The van der Waals surface area contributed by atoms with Crippen molar-refractivity contribution in [1.29, 1.82) is 0 Å². The topological polar surface area (TPSA) is 38.7 Å². The van der Waals surface area contributed by atoms with Crippen LogP contribution in [0.3, 0.4) is 0 Å². The molecule has 0 radical (unpaired) electrons. The van der Waals surface area contributed by atoms with Crippen LogP contribution in [0.15, 0.2) is 176 Å². The molecular formula is C52H35N3. The number of aromatic nitrogens is 3. The Morgan fingerprint density at radius 2 is 0.927 bits per heavy atom. The van der Waals surface area contributed by atoms with Gasteiger partial charge in [-0.15, -0.1) is 0 Å². The van der Waals surface area contributed by atoms with Crippen LogP contribution >= 0.6 is 0 Å². The monoisotopic (exact) mass is 701 g/mol. The van der Waals surface area contributed by atoms with Gasteiger partial charge in [-0.05, 0) is 94.7 Å². The second-order valence-corrected chi connectivity index (χ2v) is 15.2. The molecule has 1 aromatic heterocycles. The highest BCUT2D eigenvalue weighted by Crippen LogP contribution is 2.49. The third-order valence-corrected chi connectivity index (χ3v) is 11.7. The quantitative estimate of drug-likeness (QED) is 0.171. The molecule has 258 valence electrons. The van der Waals surface area contributed by atoms with Gasteiger partial charge in [0.2, 0.25) is 0 Å². The lowest BCUT2D eigenvalue weighted by Crippen LogP contribution is -2.15. The lowest BCUT2D eigenvalue weighted by atomic mass is 9.82. The first-order valence-corrected chi connectivity index (χ1v) is 18.9. The van der Waals surface area contributed by atoms with Crippen LogP contribution < -0.4 is 0 Å². The van der Waals surface area contributed by atoms with Gasteiger partial charge >= 0.3 is 0 Å². The van der Waals surface area contributed by atoms with Crippen LogP contribution in [-0.2, 0) is 5.41 Å². The van der Waals surface area contributed by atoms with Gasteiger partial charge in [0, 0.05) is 22.1 Å². The maximum absolute atomic E-state index is 5.22. The lowest BCUT2D eigenvalue weighted by Gasteiger charge is -2.21. The van der Waals surface area contributed by atoms with Crippen molar-refractivity contribution in [3.63, 3.8) is 0 Å². The van der Waals surface area contributed by atoms with E-state index >= 15 is 0 Å². The number of hydrogen-bond donors (Lipinski definition) is 0. The summed E-state index contributed by atoms with van der Waals surface area (Å²) in [4.78, 5) is 15.4. The summed E-state index contributed by atoms with van der Waals surface area (Å²) in [5, 5.41) is 10.0. The fraction of sp³-hybridized carbons (Fsp3) is 0.0577. The summed E-state index contributed by atoms with van der Waals surface area (Å²) < 4.78 is 0. The van der Waals surface area contributed by atoms with Crippen molar-refractivity contribution < 1.29 is 0 Å². The van der Waals surface area contributed by atoms with Crippen LogP contribution in [0.4, 0.5) is 0 Å². The number of benzene rings is 9. The van der Waals surface area contributed by atoms with E-state index < -0.39 is 0 Å². The van der Waals surface area contributed by atoms with Gasteiger partial charge < -0.3 is 0 Å². The Morgan fingerprint density at radius 1 is 0.327 bits per heavy atom. The molecule has 9 aromatic carbocycles. The van der Waals surface area contributed by atoms with Gasteiger partial charge in [0.25, 0.3) is 0 Å². The van der Waals surface area contributed by atoms with Crippen molar-refractivity contribution in [2.24, 2.45) is 0 Å². The van der Waals surface area contributed by atoms with Gasteiger partial charge in [0.15, 0.2) is 17.5 Å². The molecule has 3 nitrogen and oxygen atoms in total. The predicted octanol–water partition coefficient (Wildman–Crippen LogP) is 13.5. The van der Waals surface area contributed by atoms with Crippen LogP contribution in [-0.4, -0.2) is 15.0 Å². The zero-order chi connectivity index (χ0) is 36.7. The Labute approximate surface area is 319 Å². The Hall–Kier alpha value is -6.97. The summed E-state index contributed by atoms with van der Waals surface area (Å²) in [5.41, 5.74) is 10.3. The van der Waals surface area contributed by atoms with Gasteiger partial charge in [0.1, 0.15) is 0 Å². The summed E-state index contributed by atoms with van der Waals surface area (Å²) in [7, 11) is 0. The second kappa shape index (κ2) is 12.0. The summed E-state index contributed by atoms with van der Waals surface area (Å²) in [6, 6.07) is 63.2. The molecule has 1 aliphatic rings. The molecule has 0 amide bonds.